The van der Waals surface area contributed by atoms with Crippen molar-refractivity contribution in [2.45, 2.75) is 38.8 Å². The molecule has 1 fully saturated rings. The number of aliphatic hydroxyl groups excluding tert-OH is 1. The fourth-order valence-electron chi connectivity index (χ4n) is 2.15. The van der Waals surface area contributed by atoms with E-state index in [-0.39, 0.29) is 18.1 Å². The number of hydrogen-bond donors (Lipinski definition) is 2. The van der Waals surface area contributed by atoms with Crippen molar-refractivity contribution in [3.05, 3.63) is 0 Å². The predicted molar refractivity (Wildman–Crippen MR) is 55.0 cm³/mol. The van der Waals surface area contributed by atoms with E-state index in [2.05, 4.69) is 24.1 Å². The standard InChI is InChI=1S/C10H20N2O2/c1-4-12-8(7-13)9(14)11-6-5-10(12,2)3/h8,13H,4-7H2,1-3H3,(H,11,14). The number of nitrogens with one attached hydrogen (secondary N) is 1. The van der Waals surface area contributed by atoms with Crippen molar-refractivity contribution < 1.29 is 9.90 Å². The second kappa shape index (κ2) is 4.28. The molecular weight excluding hydrogens is 180 g/mol. The van der Waals surface area contributed by atoms with E-state index in [0.29, 0.717) is 6.54 Å². The molecule has 1 aliphatic rings. The number of hydrogen-bond acceptors (Lipinski definition) is 3. The van der Waals surface area contributed by atoms with E-state index in [1.807, 2.05) is 6.92 Å². The molecule has 4 nitrogen and oxygen atoms in total. The number of aliphatic hydroxyl groups is 1. The Morgan fingerprint density at radius 1 is 1.64 bits per heavy atom. The Balaban J connectivity index is 2.90. The number of nitrogens with zero attached hydrogens (tertiary/aromatic N) is 1. The molecule has 1 rings (SSSR count). The minimum atomic E-state index is -0.391. The highest BCUT2D eigenvalue weighted by atomic mass is 16.3. The maximum Gasteiger partial charge on any atom is 0.239 e. The first-order valence-electron chi connectivity index (χ1n) is 5.18. The molecule has 0 aromatic heterocycles. The van der Waals surface area contributed by atoms with Crippen molar-refractivity contribution in [2.24, 2.45) is 0 Å². The van der Waals surface area contributed by atoms with Gasteiger partial charge in [0, 0.05) is 12.1 Å². The van der Waals surface area contributed by atoms with Crippen LogP contribution in [0.4, 0.5) is 0 Å². The van der Waals surface area contributed by atoms with Crippen molar-refractivity contribution in [2.75, 3.05) is 19.7 Å². The van der Waals surface area contributed by atoms with Gasteiger partial charge in [-0.25, -0.2) is 0 Å². The molecule has 1 unspecified atom stereocenters. The summed E-state index contributed by atoms with van der Waals surface area (Å²) in [6.07, 6.45) is 0.920. The van der Waals surface area contributed by atoms with Crippen LogP contribution < -0.4 is 5.32 Å². The van der Waals surface area contributed by atoms with Gasteiger partial charge in [-0.2, -0.15) is 0 Å². The van der Waals surface area contributed by atoms with E-state index in [1.54, 1.807) is 0 Å². The zero-order valence-corrected chi connectivity index (χ0v) is 9.21. The van der Waals surface area contributed by atoms with Gasteiger partial charge in [-0.05, 0) is 26.8 Å². The molecule has 0 spiro atoms. The maximum absolute atomic E-state index is 11.6. The third kappa shape index (κ3) is 2.07. The summed E-state index contributed by atoms with van der Waals surface area (Å²) in [5.41, 5.74) is -0.0265. The molecule has 1 atom stereocenters. The SMILES string of the molecule is CCN1C(CO)C(=O)NCCC1(C)C. The van der Waals surface area contributed by atoms with Crippen LogP contribution in [-0.2, 0) is 4.79 Å². The van der Waals surface area contributed by atoms with Crippen LogP contribution in [0.15, 0.2) is 0 Å². The van der Waals surface area contributed by atoms with Crippen LogP contribution in [0.5, 0.6) is 0 Å². The molecule has 1 aliphatic heterocycles. The summed E-state index contributed by atoms with van der Waals surface area (Å²) in [6.45, 7) is 7.61. The molecule has 0 aromatic carbocycles. The van der Waals surface area contributed by atoms with Crippen LogP contribution in [0.3, 0.4) is 0 Å². The molecule has 2 N–H and O–H groups in total. The summed E-state index contributed by atoms with van der Waals surface area (Å²) in [6, 6.07) is -0.391. The monoisotopic (exact) mass is 200 g/mol. The lowest BCUT2D eigenvalue weighted by molar-refractivity contribution is -0.128. The van der Waals surface area contributed by atoms with Crippen LogP contribution >= 0.6 is 0 Å². The summed E-state index contributed by atoms with van der Waals surface area (Å²) in [7, 11) is 0. The Bertz CT molecular complexity index is 216. The van der Waals surface area contributed by atoms with E-state index >= 15 is 0 Å². The average Bonchev–Trinajstić information content (AvgIpc) is 2.22. The van der Waals surface area contributed by atoms with E-state index in [0.717, 1.165) is 13.0 Å². The van der Waals surface area contributed by atoms with Gasteiger partial charge in [0.25, 0.3) is 0 Å². The summed E-state index contributed by atoms with van der Waals surface area (Å²) in [5.74, 6) is -0.0556. The second-order valence-electron chi connectivity index (χ2n) is 4.34. The fraction of sp³-hybridized carbons (Fsp3) is 0.900. The number of likely N-dealkylation sites (N-methyl/N-ethyl adjacent to an activating group) is 1. The van der Waals surface area contributed by atoms with Gasteiger partial charge in [0.05, 0.1) is 6.61 Å². The molecule has 0 radical (unpaired) electrons. The lowest BCUT2D eigenvalue weighted by Crippen LogP contribution is -2.53. The highest BCUT2D eigenvalue weighted by molar-refractivity contribution is 5.82. The van der Waals surface area contributed by atoms with Gasteiger partial charge in [0.1, 0.15) is 6.04 Å². The normalized spacial score (nSPS) is 28.3. The quantitative estimate of drug-likeness (QED) is 0.658. The molecule has 0 bridgehead atoms. The first-order valence-corrected chi connectivity index (χ1v) is 5.18. The Labute approximate surface area is 85.3 Å². The third-order valence-electron chi connectivity index (χ3n) is 3.01. The van der Waals surface area contributed by atoms with Crippen molar-refractivity contribution in [3.8, 4) is 0 Å². The number of amides is 1. The van der Waals surface area contributed by atoms with E-state index in [9.17, 15) is 9.90 Å². The van der Waals surface area contributed by atoms with Gasteiger partial charge in [-0.1, -0.05) is 6.92 Å². The minimum Gasteiger partial charge on any atom is -0.394 e. The molecule has 1 amide bonds. The van der Waals surface area contributed by atoms with Crippen LogP contribution in [0.1, 0.15) is 27.2 Å². The van der Waals surface area contributed by atoms with E-state index < -0.39 is 6.04 Å². The van der Waals surface area contributed by atoms with Crippen LogP contribution in [-0.4, -0.2) is 47.2 Å². The zero-order valence-electron chi connectivity index (χ0n) is 9.21. The van der Waals surface area contributed by atoms with Crippen LogP contribution in [0.2, 0.25) is 0 Å². The predicted octanol–water partition coefficient (Wildman–Crippen LogP) is -0.0323. The molecule has 0 aromatic rings. The van der Waals surface area contributed by atoms with Gasteiger partial charge in [-0.3, -0.25) is 9.69 Å². The van der Waals surface area contributed by atoms with Gasteiger partial charge in [0.15, 0.2) is 0 Å². The van der Waals surface area contributed by atoms with Gasteiger partial charge in [-0.15, -0.1) is 0 Å². The van der Waals surface area contributed by atoms with Gasteiger partial charge >= 0.3 is 0 Å². The van der Waals surface area contributed by atoms with Crippen molar-refractivity contribution in [1.29, 1.82) is 0 Å². The maximum atomic E-state index is 11.6. The molecule has 82 valence electrons. The minimum absolute atomic E-state index is 0.0265. The molecule has 14 heavy (non-hydrogen) atoms. The summed E-state index contributed by atoms with van der Waals surface area (Å²) < 4.78 is 0. The second-order valence-corrected chi connectivity index (χ2v) is 4.34. The first kappa shape index (κ1) is 11.5. The summed E-state index contributed by atoms with van der Waals surface area (Å²) in [5, 5.41) is 12.0. The highest BCUT2D eigenvalue weighted by Gasteiger charge is 2.37. The van der Waals surface area contributed by atoms with Gasteiger partial charge < -0.3 is 10.4 Å². The van der Waals surface area contributed by atoms with E-state index in [4.69, 9.17) is 0 Å². The number of carbonyl (C=O) groups excluding carboxylic acids is 1. The van der Waals surface area contributed by atoms with Crippen LogP contribution in [0, 0.1) is 0 Å². The third-order valence-corrected chi connectivity index (χ3v) is 3.01. The van der Waals surface area contributed by atoms with Crippen LogP contribution in [0.25, 0.3) is 0 Å². The lowest BCUT2D eigenvalue weighted by Gasteiger charge is -2.39. The van der Waals surface area contributed by atoms with Crippen molar-refractivity contribution in [1.82, 2.24) is 10.2 Å². The largest absolute Gasteiger partial charge is 0.394 e. The van der Waals surface area contributed by atoms with Crippen molar-refractivity contribution in [3.63, 3.8) is 0 Å². The first-order chi connectivity index (χ1) is 6.53. The fourth-order valence-corrected chi connectivity index (χ4v) is 2.15. The average molecular weight is 200 g/mol. The van der Waals surface area contributed by atoms with Crippen molar-refractivity contribution >= 4 is 5.91 Å². The highest BCUT2D eigenvalue weighted by Crippen LogP contribution is 2.23. The topological polar surface area (TPSA) is 52.6 Å². The Morgan fingerprint density at radius 2 is 2.29 bits per heavy atom. The molecule has 1 heterocycles. The zero-order chi connectivity index (χ0) is 10.8. The lowest BCUT2D eigenvalue weighted by atomic mass is 9.97. The molecular formula is C10H20N2O2. The van der Waals surface area contributed by atoms with Gasteiger partial charge in [0.2, 0.25) is 5.91 Å². The summed E-state index contributed by atoms with van der Waals surface area (Å²) >= 11 is 0. The smallest absolute Gasteiger partial charge is 0.239 e. The molecule has 0 saturated carbocycles. The Morgan fingerprint density at radius 3 is 2.79 bits per heavy atom. The molecule has 1 saturated heterocycles. The molecule has 0 aliphatic carbocycles. The molecule has 4 heteroatoms. The number of rotatable bonds is 2. The number of carbonyl (C=O) groups is 1. The van der Waals surface area contributed by atoms with E-state index in [1.165, 1.54) is 0 Å². The summed E-state index contributed by atoms with van der Waals surface area (Å²) in [4.78, 5) is 13.7. The Kier molecular flexibility index (Phi) is 3.50. The Hall–Kier alpha value is -0.610.